The first-order valence-electron chi connectivity index (χ1n) is 8.75. The maximum absolute atomic E-state index is 12.7. The summed E-state index contributed by atoms with van der Waals surface area (Å²) >= 11 is 6.16. The third-order valence-corrected chi connectivity index (χ3v) is 6.84. The first-order valence-corrected chi connectivity index (χ1v) is 10.6. The van der Waals surface area contributed by atoms with Crippen LogP contribution >= 0.6 is 11.6 Å². The molecule has 1 aliphatic rings. The van der Waals surface area contributed by atoms with Crippen molar-refractivity contribution in [1.82, 2.24) is 14.4 Å². The molecular weight excluding hydrogens is 386 g/mol. The van der Waals surface area contributed by atoms with Gasteiger partial charge in [0.1, 0.15) is 0 Å². The lowest BCUT2D eigenvalue weighted by atomic mass is 10.2. The van der Waals surface area contributed by atoms with Crippen LogP contribution in [-0.2, 0) is 10.0 Å². The molecule has 1 aliphatic heterocycles. The quantitative estimate of drug-likeness (QED) is 0.651. The fourth-order valence-corrected chi connectivity index (χ4v) is 4.85. The highest BCUT2D eigenvalue weighted by Gasteiger charge is 2.26. The van der Waals surface area contributed by atoms with Gasteiger partial charge in [0.15, 0.2) is 0 Å². The summed E-state index contributed by atoms with van der Waals surface area (Å²) in [6.45, 7) is 1.16. The second-order valence-electron chi connectivity index (χ2n) is 6.39. The average molecular weight is 404 g/mol. The minimum atomic E-state index is -3.45. The lowest BCUT2D eigenvalue weighted by molar-refractivity contribution is 0.346. The van der Waals surface area contributed by atoms with Crippen LogP contribution in [0.1, 0.15) is 19.3 Å². The van der Waals surface area contributed by atoms with E-state index in [1.54, 1.807) is 40.7 Å². The van der Waals surface area contributed by atoms with E-state index in [-0.39, 0.29) is 4.90 Å². The summed E-state index contributed by atoms with van der Waals surface area (Å²) in [7, 11) is -3.45. The molecule has 6 nitrogen and oxygen atoms in total. The Bertz CT molecular complexity index is 1040. The van der Waals surface area contributed by atoms with Gasteiger partial charge in [0, 0.05) is 18.7 Å². The van der Waals surface area contributed by atoms with Crippen LogP contribution in [0.2, 0.25) is 5.02 Å². The van der Waals surface area contributed by atoms with Gasteiger partial charge in [0.25, 0.3) is 5.89 Å². The summed E-state index contributed by atoms with van der Waals surface area (Å²) in [4.78, 5) is 4.65. The molecule has 1 saturated heterocycles. The van der Waals surface area contributed by atoms with E-state index >= 15 is 0 Å². The second kappa shape index (κ2) is 7.42. The molecule has 1 fully saturated rings. The van der Waals surface area contributed by atoms with Gasteiger partial charge >= 0.3 is 0 Å². The Hall–Kier alpha value is -2.22. The zero-order valence-corrected chi connectivity index (χ0v) is 16.1. The Morgan fingerprint density at radius 2 is 1.67 bits per heavy atom. The van der Waals surface area contributed by atoms with E-state index in [0.29, 0.717) is 41.0 Å². The Balaban J connectivity index is 1.59. The molecule has 140 valence electrons. The van der Waals surface area contributed by atoms with E-state index in [0.717, 1.165) is 19.3 Å². The lowest BCUT2D eigenvalue weighted by Gasteiger charge is -2.25. The molecule has 3 aromatic rings. The smallest absolute Gasteiger partial charge is 0.259 e. The number of aromatic nitrogens is 2. The lowest BCUT2D eigenvalue weighted by Crippen LogP contribution is -2.35. The monoisotopic (exact) mass is 403 g/mol. The third-order valence-electron chi connectivity index (χ3n) is 4.60. The maximum Gasteiger partial charge on any atom is 0.259 e. The molecule has 1 aromatic heterocycles. The molecule has 0 aliphatic carbocycles. The van der Waals surface area contributed by atoms with Gasteiger partial charge in [-0.05, 0) is 49.2 Å². The number of halogens is 1. The Kier molecular flexibility index (Phi) is 4.99. The van der Waals surface area contributed by atoms with E-state index in [4.69, 9.17) is 16.1 Å². The number of hydrogen-bond acceptors (Lipinski definition) is 5. The molecule has 2 aromatic carbocycles. The van der Waals surface area contributed by atoms with E-state index < -0.39 is 10.0 Å². The van der Waals surface area contributed by atoms with Crippen molar-refractivity contribution < 1.29 is 12.9 Å². The van der Waals surface area contributed by atoms with Crippen molar-refractivity contribution in [2.45, 2.75) is 24.2 Å². The third kappa shape index (κ3) is 3.63. The van der Waals surface area contributed by atoms with Crippen LogP contribution in [0.4, 0.5) is 0 Å². The van der Waals surface area contributed by atoms with Crippen molar-refractivity contribution in [2.24, 2.45) is 0 Å². The normalized spacial score (nSPS) is 15.7. The number of piperidine rings is 1. The van der Waals surface area contributed by atoms with Crippen molar-refractivity contribution in [3.8, 4) is 22.8 Å². The topological polar surface area (TPSA) is 76.3 Å². The molecule has 0 saturated carbocycles. The molecule has 0 amide bonds. The maximum atomic E-state index is 12.7. The number of sulfonamides is 1. The van der Waals surface area contributed by atoms with Crippen molar-refractivity contribution >= 4 is 21.6 Å². The highest BCUT2D eigenvalue weighted by atomic mass is 35.5. The predicted octanol–water partition coefficient (Wildman–Crippen LogP) is 4.23. The molecule has 4 rings (SSSR count). The minimum absolute atomic E-state index is 0.281. The van der Waals surface area contributed by atoms with Crippen LogP contribution in [0.15, 0.2) is 57.9 Å². The summed E-state index contributed by atoms with van der Waals surface area (Å²) in [5.74, 6) is 0.701. The number of benzene rings is 2. The van der Waals surface area contributed by atoms with Gasteiger partial charge in [-0.2, -0.15) is 9.29 Å². The Morgan fingerprint density at radius 3 is 2.37 bits per heavy atom. The van der Waals surface area contributed by atoms with Crippen LogP contribution in [-0.4, -0.2) is 36.0 Å². The van der Waals surface area contributed by atoms with Gasteiger partial charge in [-0.3, -0.25) is 0 Å². The van der Waals surface area contributed by atoms with Gasteiger partial charge < -0.3 is 4.52 Å². The standard InChI is InChI=1S/C19H18ClN3O3S/c20-17-7-3-2-6-16(17)19-21-18(22-26-19)14-8-10-15(11-9-14)27(24,25)23-12-4-1-5-13-23/h2-3,6-11H,1,4-5,12-13H2. The summed E-state index contributed by atoms with van der Waals surface area (Å²) in [5.41, 5.74) is 1.33. The fourth-order valence-electron chi connectivity index (χ4n) is 3.12. The van der Waals surface area contributed by atoms with Gasteiger partial charge in [-0.25, -0.2) is 8.42 Å². The first kappa shape index (κ1) is 18.2. The predicted molar refractivity (Wildman–Crippen MR) is 103 cm³/mol. The van der Waals surface area contributed by atoms with Crippen molar-refractivity contribution in [3.63, 3.8) is 0 Å². The minimum Gasteiger partial charge on any atom is -0.334 e. The summed E-state index contributed by atoms with van der Waals surface area (Å²) < 4.78 is 32.3. The van der Waals surface area contributed by atoms with Crippen molar-refractivity contribution in [3.05, 3.63) is 53.6 Å². The van der Waals surface area contributed by atoms with Gasteiger partial charge in [0.2, 0.25) is 15.8 Å². The van der Waals surface area contributed by atoms with E-state index in [9.17, 15) is 8.42 Å². The second-order valence-corrected chi connectivity index (χ2v) is 8.74. The molecular formula is C19H18ClN3O3S. The Morgan fingerprint density at radius 1 is 0.963 bits per heavy atom. The molecule has 0 bridgehead atoms. The fraction of sp³-hybridized carbons (Fsp3) is 0.263. The van der Waals surface area contributed by atoms with Gasteiger partial charge in [-0.15, -0.1) is 0 Å². The van der Waals surface area contributed by atoms with Crippen LogP contribution in [0.25, 0.3) is 22.8 Å². The first-order chi connectivity index (χ1) is 13.1. The molecule has 0 atom stereocenters. The number of nitrogens with zero attached hydrogens (tertiary/aromatic N) is 3. The number of hydrogen-bond donors (Lipinski definition) is 0. The molecule has 2 heterocycles. The van der Waals surface area contributed by atoms with Crippen LogP contribution < -0.4 is 0 Å². The highest BCUT2D eigenvalue weighted by Crippen LogP contribution is 2.29. The van der Waals surface area contributed by atoms with E-state index in [1.165, 1.54) is 0 Å². The van der Waals surface area contributed by atoms with Crippen molar-refractivity contribution in [1.29, 1.82) is 0 Å². The van der Waals surface area contributed by atoms with Gasteiger partial charge in [-0.1, -0.05) is 35.3 Å². The summed E-state index contributed by atoms with van der Waals surface area (Å²) in [5, 5.41) is 4.50. The molecule has 8 heteroatoms. The van der Waals surface area contributed by atoms with E-state index in [1.807, 2.05) is 12.1 Å². The molecule has 0 radical (unpaired) electrons. The molecule has 0 N–H and O–H groups in total. The number of rotatable bonds is 4. The van der Waals surface area contributed by atoms with Crippen LogP contribution in [0.5, 0.6) is 0 Å². The van der Waals surface area contributed by atoms with E-state index in [2.05, 4.69) is 10.1 Å². The largest absolute Gasteiger partial charge is 0.334 e. The molecule has 0 unspecified atom stereocenters. The van der Waals surface area contributed by atoms with Crippen LogP contribution in [0, 0.1) is 0 Å². The summed E-state index contributed by atoms with van der Waals surface area (Å²) in [6, 6.07) is 13.8. The SMILES string of the molecule is O=S(=O)(c1ccc(-c2noc(-c3ccccc3Cl)n2)cc1)N1CCCCC1. The zero-order valence-electron chi connectivity index (χ0n) is 14.5. The molecule has 0 spiro atoms. The molecule has 27 heavy (non-hydrogen) atoms. The van der Waals surface area contributed by atoms with Crippen LogP contribution in [0.3, 0.4) is 0 Å². The Labute approximate surface area is 162 Å². The summed E-state index contributed by atoms with van der Waals surface area (Å²) in [6.07, 6.45) is 2.90. The zero-order chi connectivity index (χ0) is 18.9. The highest BCUT2D eigenvalue weighted by molar-refractivity contribution is 7.89. The van der Waals surface area contributed by atoms with Gasteiger partial charge in [0.05, 0.1) is 15.5 Å². The average Bonchev–Trinajstić information content (AvgIpc) is 3.19. The van der Waals surface area contributed by atoms with Crippen molar-refractivity contribution in [2.75, 3.05) is 13.1 Å².